The van der Waals surface area contributed by atoms with Gasteiger partial charge in [-0.3, -0.25) is 0 Å². The number of carbonyl (C=O) groups is 1. The van der Waals surface area contributed by atoms with E-state index in [1.807, 2.05) is 53.3 Å². The number of rotatable bonds is 10. The van der Waals surface area contributed by atoms with Crippen molar-refractivity contribution in [3.8, 4) is 11.6 Å². The van der Waals surface area contributed by atoms with Gasteiger partial charge in [-0.05, 0) is 102 Å². The molecule has 1 unspecified atom stereocenters. The quantitative estimate of drug-likeness (QED) is 0.0907. The number of benzene rings is 3. The van der Waals surface area contributed by atoms with Crippen LogP contribution in [0.3, 0.4) is 0 Å². The van der Waals surface area contributed by atoms with Crippen molar-refractivity contribution in [1.82, 2.24) is 14.8 Å². The van der Waals surface area contributed by atoms with Gasteiger partial charge in [0.2, 0.25) is 5.88 Å². The average Bonchev–Trinajstić information content (AvgIpc) is 3.51. The fraction of sp³-hybridized carbons (Fsp3) is 0.237. The molecular formula is C38H37N3O4. The van der Waals surface area contributed by atoms with Crippen LogP contribution in [0.25, 0.3) is 28.1 Å². The second-order valence-corrected chi connectivity index (χ2v) is 10.9. The van der Waals surface area contributed by atoms with E-state index >= 15 is 0 Å². The Balaban J connectivity index is 1.43. The van der Waals surface area contributed by atoms with E-state index in [0.29, 0.717) is 12.5 Å². The normalized spacial score (nSPS) is 15.6. The van der Waals surface area contributed by atoms with Crippen LogP contribution in [0.2, 0.25) is 0 Å². The fourth-order valence-corrected chi connectivity index (χ4v) is 5.79. The van der Waals surface area contributed by atoms with Gasteiger partial charge >= 0.3 is 5.97 Å². The summed E-state index contributed by atoms with van der Waals surface area (Å²) < 4.78 is 19.2. The molecule has 3 heterocycles. The van der Waals surface area contributed by atoms with Gasteiger partial charge in [0.15, 0.2) is 6.23 Å². The molecule has 0 saturated carbocycles. The molecule has 1 saturated heterocycles. The molecule has 1 fully saturated rings. The fourth-order valence-electron chi connectivity index (χ4n) is 5.79. The summed E-state index contributed by atoms with van der Waals surface area (Å²) in [4.78, 5) is 16.2. The van der Waals surface area contributed by atoms with Crippen LogP contribution in [-0.2, 0) is 14.3 Å². The summed E-state index contributed by atoms with van der Waals surface area (Å²) in [5, 5.41) is 5.80. The molecule has 1 aliphatic rings. The summed E-state index contributed by atoms with van der Waals surface area (Å²) >= 11 is 0. The number of hydrogen-bond donors (Lipinski definition) is 0. The van der Waals surface area contributed by atoms with Gasteiger partial charge in [-0.25, -0.2) is 14.5 Å². The minimum atomic E-state index is -0.351. The van der Waals surface area contributed by atoms with Gasteiger partial charge in [0.25, 0.3) is 0 Å². The molecule has 228 valence electrons. The molecule has 1 aliphatic heterocycles. The van der Waals surface area contributed by atoms with E-state index < -0.39 is 0 Å². The highest BCUT2D eigenvalue weighted by Gasteiger charge is 2.20. The molecule has 0 radical (unpaired) electrons. The molecule has 0 amide bonds. The smallest absolute Gasteiger partial charge is 0.330 e. The lowest BCUT2D eigenvalue weighted by Crippen LogP contribution is -2.18. The lowest BCUT2D eigenvalue weighted by molar-refractivity contribution is -0.137. The molecule has 2 aromatic heterocycles. The standard InChI is InChI=1S/C38H37N3O4/c1-3-33(29-10-9-11-32(25-29)45-35-12-5-7-22-39-35)38(28-17-14-27(15-18-28)16-21-37(42)43-4-2)30-19-20-34-31(24-30)26-40-41(34)36-13-6-8-23-44-36/h5,7,9-12,14-22,24-26,36H,3-4,6,8,13,23H2,1-2H3. The maximum absolute atomic E-state index is 11.9. The molecule has 6 rings (SSSR count). The summed E-state index contributed by atoms with van der Waals surface area (Å²) in [5.41, 5.74) is 7.51. The van der Waals surface area contributed by atoms with Crippen molar-refractivity contribution in [2.24, 2.45) is 0 Å². The Hall–Kier alpha value is -5.01. The van der Waals surface area contributed by atoms with Crippen LogP contribution in [-0.4, -0.2) is 33.9 Å². The largest absolute Gasteiger partial charge is 0.463 e. The number of pyridine rings is 1. The highest BCUT2D eigenvalue weighted by Crippen LogP contribution is 2.38. The number of allylic oxidation sites excluding steroid dienone is 1. The van der Waals surface area contributed by atoms with Crippen LogP contribution >= 0.6 is 0 Å². The molecule has 1 atom stereocenters. The summed E-state index contributed by atoms with van der Waals surface area (Å²) in [6.07, 6.45) is 10.9. The Morgan fingerprint density at radius 2 is 1.82 bits per heavy atom. The maximum Gasteiger partial charge on any atom is 0.330 e. The van der Waals surface area contributed by atoms with Gasteiger partial charge in [-0.1, -0.05) is 55.5 Å². The second kappa shape index (κ2) is 14.2. The third-order valence-corrected chi connectivity index (χ3v) is 7.91. The highest BCUT2D eigenvalue weighted by molar-refractivity contribution is 6.00. The first-order valence-electron chi connectivity index (χ1n) is 15.6. The lowest BCUT2D eigenvalue weighted by atomic mass is 9.87. The molecule has 45 heavy (non-hydrogen) atoms. The van der Waals surface area contributed by atoms with Gasteiger partial charge in [0.05, 0.1) is 18.3 Å². The predicted octanol–water partition coefficient (Wildman–Crippen LogP) is 8.87. The number of aromatic nitrogens is 3. The van der Waals surface area contributed by atoms with Gasteiger partial charge in [0, 0.05) is 30.3 Å². The van der Waals surface area contributed by atoms with E-state index in [0.717, 1.165) is 76.8 Å². The van der Waals surface area contributed by atoms with Crippen LogP contribution in [0.15, 0.2) is 103 Å². The lowest BCUT2D eigenvalue weighted by Gasteiger charge is -2.23. The van der Waals surface area contributed by atoms with E-state index in [2.05, 4.69) is 54.4 Å². The number of hydrogen-bond acceptors (Lipinski definition) is 6. The maximum atomic E-state index is 11.9. The second-order valence-electron chi connectivity index (χ2n) is 10.9. The number of nitrogens with zero attached hydrogens (tertiary/aromatic N) is 3. The molecule has 0 spiro atoms. The van der Waals surface area contributed by atoms with Gasteiger partial charge < -0.3 is 14.2 Å². The van der Waals surface area contributed by atoms with Crippen LogP contribution < -0.4 is 4.74 Å². The summed E-state index contributed by atoms with van der Waals surface area (Å²) in [7, 11) is 0. The predicted molar refractivity (Wildman–Crippen MR) is 178 cm³/mol. The Morgan fingerprint density at radius 3 is 2.58 bits per heavy atom. The Labute approximate surface area is 263 Å². The van der Waals surface area contributed by atoms with Crippen molar-refractivity contribution < 1.29 is 19.0 Å². The van der Waals surface area contributed by atoms with E-state index in [9.17, 15) is 4.79 Å². The highest BCUT2D eigenvalue weighted by atomic mass is 16.5. The van der Waals surface area contributed by atoms with Crippen molar-refractivity contribution in [2.75, 3.05) is 13.2 Å². The number of carbonyl (C=O) groups excluding carboxylic acids is 1. The third kappa shape index (κ3) is 7.05. The average molecular weight is 600 g/mol. The Bertz CT molecular complexity index is 1820. The summed E-state index contributed by atoms with van der Waals surface area (Å²) in [6.45, 7) is 5.09. The molecule has 7 heteroatoms. The number of fused-ring (bicyclic) bond motifs is 1. The SMILES string of the molecule is CCOC(=O)C=Cc1ccc(C(=C(CC)c2cccc(Oc3ccccn3)c2)c2ccc3c(cnn3C3CCCCO3)c2)cc1. The zero-order valence-corrected chi connectivity index (χ0v) is 25.7. The first-order chi connectivity index (χ1) is 22.1. The van der Waals surface area contributed by atoms with E-state index in [-0.39, 0.29) is 12.2 Å². The minimum absolute atomic E-state index is 0.0274. The van der Waals surface area contributed by atoms with Crippen molar-refractivity contribution >= 4 is 34.1 Å². The van der Waals surface area contributed by atoms with Crippen LogP contribution in [0.5, 0.6) is 11.6 Å². The van der Waals surface area contributed by atoms with Crippen molar-refractivity contribution in [3.63, 3.8) is 0 Å². The Morgan fingerprint density at radius 1 is 0.956 bits per heavy atom. The third-order valence-electron chi connectivity index (χ3n) is 7.91. The van der Waals surface area contributed by atoms with Gasteiger partial charge in [-0.15, -0.1) is 0 Å². The number of esters is 1. The zero-order chi connectivity index (χ0) is 31.0. The van der Waals surface area contributed by atoms with Crippen LogP contribution in [0.1, 0.15) is 68.0 Å². The number of ether oxygens (including phenoxy) is 3. The van der Waals surface area contributed by atoms with E-state index in [1.54, 1.807) is 19.2 Å². The molecular weight excluding hydrogens is 562 g/mol. The molecule has 0 bridgehead atoms. The molecule has 0 aliphatic carbocycles. The van der Waals surface area contributed by atoms with E-state index in [4.69, 9.17) is 19.3 Å². The molecule has 3 aromatic carbocycles. The van der Waals surface area contributed by atoms with Crippen molar-refractivity contribution in [1.29, 1.82) is 0 Å². The van der Waals surface area contributed by atoms with Crippen molar-refractivity contribution in [2.45, 2.75) is 45.8 Å². The molecule has 5 aromatic rings. The van der Waals surface area contributed by atoms with Gasteiger partial charge in [0.1, 0.15) is 5.75 Å². The monoisotopic (exact) mass is 599 g/mol. The van der Waals surface area contributed by atoms with Crippen LogP contribution in [0, 0.1) is 0 Å². The minimum Gasteiger partial charge on any atom is -0.463 e. The topological polar surface area (TPSA) is 75.5 Å². The van der Waals surface area contributed by atoms with E-state index in [1.165, 1.54) is 11.6 Å². The first-order valence-corrected chi connectivity index (χ1v) is 15.6. The molecule has 0 N–H and O–H groups in total. The van der Waals surface area contributed by atoms with Crippen molar-refractivity contribution in [3.05, 3.63) is 126 Å². The summed E-state index contributed by atoms with van der Waals surface area (Å²) in [5.74, 6) is 0.920. The summed E-state index contributed by atoms with van der Waals surface area (Å²) in [6, 6.07) is 28.6. The Kier molecular flexibility index (Phi) is 9.47. The molecule has 7 nitrogen and oxygen atoms in total. The first kappa shape index (κ1) is 30.0. The van der Waals surface area contributed by atoms with Crippen LogP contribution in [0.4, 0.5) is 0 Å². The zero-order valence-electron chi connectivity index (χ0n) is 25.7. The van der Waals surface area contributed by atoms with Gasteiger partial charge in [-0.2, -0.15) is 5.10 Å².